The van der Waals surface area contributed by atoms with E-state index in [1.807, 2.05) is 13.8 Å². The average Bonchev–Trinajstić information content (AvgIpc) is 2.85. The Balaban J connectivity index is 1.94. The SMILES string of the molecule is Cc1nc(C2(NS(=O)(=O)[C@]3(C)C[C@H]3C)CCCCC2)no1. The summed E-state index contributed by atoms with van der Waals surface area (Å²) in [4.78, 5) is 4.31. The Morgan fingerprint density at radius 1 is 1.29 bits per heavy atom. The summed E-state index contributed by atoms with van der Waals surface area (Å²) in [5, 5.41) is 4.00. The van der Waals surface area contributed by atoms with E-state index in [4.69, 9.17) is 4.52 Å². The Hall–Kier alpha value is -0.950. The number of rotatable bonds is 4. The zero-order valence-electron chi connectivity index (χ0n) is 12.8. The minimum atomic E-state index is -3.40. The van der Waals surface area contributed by atoms with Gasteiger partial charge in [-0.1, -0.05) is 31.3 Å². The zero-order chi connectivity index (χ0) is 15.3. The molecular formula is C14H23N3O3S. The molecule has 0 unspecified atom stereocenters. The molecular weight excluding hydrogens is 290 g/mol. The quantitative estimate of drug-likeness (QED) is 0.921. The fraction of sp³-hybridized carbons (Fsp3) is 0.857. The van der Waals surface area contributed by atoms with Crippen LogP contribution in [0.4, 0.5) is 0 Å². The second-order valence-corrected chi connectivity index (χ2v) is 8.95. The van der Waals surface area contributed by atoms with Crippen LogP contribution in [0.2, 0.25) is 0 Å². The molecule has 1 N–H and O–H groups in total. The van der Waals surface area contributed by atoms with Gasteiger partial charge in [-0.05, 0) is 32.1 Å². The van der Waals surface area contributed by atoms with Gasteiger partial charge < -0.3 is 4.52 Å². The summed E-state index contributed by atoms with van der Waals surface area (Å²) in [5.74, 6) is 1.16. The van der Waals surface area contributed by atoms with Crippen LogP contribution in [0.5, 0.6) is 0 Å². The van der Waals surface area contributed by atoms with Gasteiger partial charge >= 0.3 is 0 Å². The highest BCUT2D eigenvalue weighted by Gasteiger charge is 2.59. The molecule has 0 aliphatic heterocycles. The Labute approximate surface area is 125 Å². The fourth-order valence-electron chi connectivity index (χ4n) is 3.32. The van der Waals surface area contributed by atoms with Crippen LogP contribution in [0.25, 0.3) is 0 Å². The van der Waals surface area contributed by atoms with E-state index in [1.54, 1.807) is 6.92 Å². The van der Waals surface area contributed by atoms with Crippen molar-refractivity contribution in [1.29, 1.82) is 0 Å². The first-order valence-corrected chi connectivity index (χ1v) is 9.12. The molecule has 3 rings (SSSR count). The number of aryl methyl sites for hydroxylation is 1. The third-order valence-corrected chi connectivity index (χ3v) is 7.66. The van der Waals surface area contributed by atoms with Gasteiger partial charge in [0, 0.05) is 6.92 Å². The molecule has 1 heterocycles. The predicted octanol–water partition coefficient (Wildman–Crippen LogP) is 2.26. The van der Waals surface area contributed by atoms with Crippen LogP contribution in [-0.2, 0) is 15.6 Å². The van der Waals surface area contributed by atoms with Crippen molar-refractivity contribution < 1.29 is 12.9 Å². The number of nitrogens with zero attached hydrogens (tertiary/aromatic N) is 2. The second-order valence-electron chi connectivity index (χ2n) is 6.80. The molecule has 7 heteroatoms. The van der Waals surface area contributed by atoms with Crippen LogP contribution in [0.1, 0.15) is 64.1 Å². The zero-order valence-corrected chi connectivity index (χ0v) is 13.7. The lowest BCUT2D eigenvalue weighted by Crippen LogP contribution is -2.51. The van der Waals surface area contributed by atoms with Gasteiger partial charge in [-0.2, -0.15) is 4.98 Å². The summed E-state index contributed by atoms with van der Waals surface area (Å²) in [6.45, 7) is 5.52. The molecule has 6 nitrogen and oxygen atoms in total. The third kappa shape index (κ3) is 2.40. The van der Waals surface area contributed by atoms with Crippen molar-refractivity contribution in [1.82, 2.24) is 14.9 Å². The van der Waals surface area contributed by atoms with Gasteiger partial charge in [-0.3, -0.25) is 0 Å². The van der Waals surface area contributed by atoms with E-state index >= 15 is 0 Å². The van der Waals surface area contributed by atoms with Crippen molar-refractivity contribution in [2.45, 2.75) is 69.6 Å². The van der Waals surface area contributed by atoms with Crippen LogP contribution in [0.15, 0.2) is 4.52 Å². The van der Waals surface area contributed by atoms with E-state index in [1.165, 1.54) is 0 Å². The molecule has 0 spiro atoms. The van der Waals surface area contributed by atoms with E-state index < -0.39 is 20.3 Å². The largest absolute Gasteiger partial charge is 0.340 e. The second kappa shape index (κ2) is 4.78. The minimum Gasteiger partial charge on any atom is -0.340 e. The first-order chi connectivity index (χ1) is 9.79. The summed E-state index contributed by atoms with van der Waals surface area (Å²) < 4.78 is 32.9. The molecule has 21 heavy (non-hydrogen) atoms. The Morgan fingerprint density at radius 2 is 1.90 bits per heavy atom. The van der Waals surface area contributed by atoms with Crippen molar-refractivity contribution >= 4 is 10.0 Å². The molecule has 1 aromatic heterocycles. The first kappa shape index (κ1) is 15.0. The molecule has 2 aliphatic rings. The van der Waals surface area contributed by atoms with E-state index in [2.05, 4.69) is 14.9 Å². The maximum atomic E-state index is 12.8. The lowest BCUT2D eigenvalue weighted by atomic mass is 9.82. The van der Waals surface area contributed by atoms with Crippen LogP contribution >= 0.6 is 0 Å². The van der Waals surface area contributed by atoms with Crippen LogP contribution in [0, 0.1) is 12.8 Å². The topological polar surface area (TPSA) is 85.1 Å². The summed E-state index contributed by atoms with van der Waals surface area (Å²) in [6.07, 6.45) is 5.24. The highest BCUT2D eigenvalue weighted by atomic mass is 32.2. The smallest absolute Gasteiger partial charge is 0.223 e. The summed E-state index contributed by atoms with van der Waals surface area (Å²) in [6, 6.07) is 0. The molecule has 0 saturated heterocycles. The van der Waals surface area contributed by atoms with Gasteiger partial charge in [0.25, 0.3) is 0 Å². The summed E-state index contributed by atoms with van der Waals surface area (Å²) in [7, 11) is -3.40. The fourth-order valence-corrected chi connectivity index (χ4v) is 5.36. The molecule has 0 aromatic carbocycles. The Kier molecular flexibility index (Phi) is 3.40. The predicted molar refractivity (Wildman–Crippen MR) is 78.0 cm³/mol. The van der Waals surface area contributed by atoms with Gasteiger partial charge in [0.1, 0.15) is 0 Å². The Morgan fingerprint density at radius 3 is 2.38 bits per heavy atom. The molecule has 2 atom stereocenters. The van der Waals surface area contributed by atoms with E-state index in [-0.39, 0.29) is 5.92 Å². The molecule has 2 fully saturated rings. The normalized spacial score (nSPS) is 32.0. The maximum Gasteiger partial charge on any atom is 0.223 e. The highest BCUT2D eigenvalue weighted by Crippen LogP contribution is 2.50. The van der Waals surface area contributed by atoms with Gasteiger partial charge in [0.05, 0.1) is 10.3 Å². The first-order valence-electron chi connectivity index (χ1n) is 7.63. The van der Waals surface area contributed by atoms with Crippen molar-refractivity contribution in [3.05, 3.63) is 11.7 Å². The number of nitrogens with one attached hydrogen (secondary N) is 1. The van der Waals surface area contributed by atoms with Crippen molar-refractivity contribution in [2.24, 2.45) is 5.92 Å². The molecule has 2 saturated carbocycles. The maximum absolute atomic E-state index is 12.8. The molecule has 2 aliphatic carbocycles. The third-order valence-electron chi connectivity index (χ3n) is 5.20. The average molecular weight is 313 g/mol. The van der Waals surface area contributed by atoms with Crippen LogP contribution < -0.4 is 4.72 Å². The number of hydrogen-bond acceptors (Lipinski definition) is 5. The van der Waals surface area contributed by atoms with Gasteiger partial charge in [-0.15, -0.1) is 0 Å². The number of aromatic nitrogens is 2. The van der Waals surface area contributed by atoms with Crippen molar-refractivity contribution in [3.63, 3.8) is 0 Å². The molecule has 0 radical (unpaired) electrons. The van der Waals surface area contributed by atoms with E-state index in [9.17, 15) is 8.42 Å². The standard InChI is InChI=1S/C14H23N3O3S/c1-10-9-13(10,3)21(18,19)17-14(7-5-4-6-8-14)12-15-11(2)20-16-12/h10,17H,4-9H2,1-3H3/t10-,13-/m1/s1. The lowest BCUT2D eigenvalue weighted by Gasteiger charge is -2.36. The lowest BCUT2D eigenvalue weighted by molar-refractivity contribution is 0.247. The van der Waals surface area contributed by atoms with Crippen LogP contribution in [0.3, 0.4) is 0 Å². The molecule has 0 amide bonds. The highest BCUT2D eigenvalue weighted by molar-refractivity contribution is 7.91. The van der Waals surface area contributed by atoms with Crippen LogP contribution in [-0.4, -0.2) is 23.3 Å². The molecule has 1 aromatic rings. The summed E-state index contributed by atoms with van der Waals surface area (Å²) >= 11 is 0. The molecule has 0 bridgehead atoms. The number of sulfonamides is 1. The van der Waals surface area contributed by atoms with Crippen molar-refractivity contribution in [3.8, 4) is 0 Å². The van der Waals surface area contributed by atoms with Gasteiger partial charge in [0.2, 0.25) is 15.9 Å². The van der Waals surface area contributed by atoms with Crippen molar-refractivity contribution in [2.75, 3.05) is 0 Å². The van der Waals surface area contributed by atoms with Gasteiger partial charge in [-0.25, -0.2) is 13.1 Å². The minimum absolute atomic E-state index is 0.197. The van der Waals surface area contributed by atoms with Gasteiger partial charge in [0.15, 0.2) is 5.82 Å². The number of hydrogen-bond donors (Lipinski definition) is 1. The van der Waals surface area contributed by atoms with E-state index in [0.29, 0.717) is 18.1 Å². The monoisotopic (exact) mass is 313 g/mol. The molecule has 118 valence electrons. The Bertz CT molecular complexity index is 634. The van der Waals surface area contributed by atoms with E-state index in [0.717, 1.165) is 32.1 Å². The summed E-state index contributed by atoms with van der Waals surface area (Å²) in [5.41, 5.74) is -0.694.